The van der Waals surface area contributed by atoms with Crippen molar-refractivity contribution in [2.75, 3.05) is 13.2 Å². The highest BCUT2D eigenvalue weighted by molar-refractivity contribution is 5.76. The highest BCUT2D eigenvalue weighted by atomic mass is 16.7. The van der Waals surface area contributed by atoms with Crippen LogP contribution in [0.3, 0.4) is 0 Å². The van der Waals surface area contributed by atoms with Crippen LogP contribution < -0.4 is 0 Å². The van der Waals surface area contributed by atoms with Crippen molar-refractivity contribution in [2.24, 2.45) is 0 Å². The molecule has 1 saturated heterocycles. The second-order valence-corrected chi connectivity index (χ2v) is 2.93. The highest BCUT2D eigenvalue weighted by Crippen LogP contribution is 2.08. The number of carbonyl (C=O) groups excluding carboxylic acids is 1. The Balaban J connectivity index is 2.13. The van der Waals surface area contributed by atoms with Gasteiger partial charge in [0.25, 0.3) is 0 Å². The Kier molecular flexibility index (Phi) is 3.70. The molecule has 0 aromatic heterocycles. The minimum atomic E-state index is -0.866. The third-order valence-electron chi connectivity index (χ3n) is 1.81. The van der Waals surface area contributed by atoms with Gasteiger partial charge in [0.1, 0.15) is 0 Å². The van der Waals surface area contributed by atoms with E-state index < -0.39 is 5.97 Å². The first kappa shape index (κ1) is 9.98. The fraction of sp³-hybridized carbons (Fsp3) is 0.750. The van der Waals surface area contributed by atoms with Crippen molar-refractivity contribution < 1.29 is 19.5 Å². The van der Waals surface area contributed by atoms with Gasteiger partial charge in [-0.2, -0.15) is 0 Å². The number of hydrogen-bond donors (Lipinski definition) is 1. The molecule has 1 N–H and O–H groups in total. The zero-order chi connectivity index (χ0) is 9.68. The van der Waals surface area contributed by atoms with Crippen LogP contribution in [0.5, 0.6) is 0 Å². The third kappa shape index (κ3) is 3.42. The lowest BCUT2D eigenvalue weighted by Crippen LogP contribution is -2.26. The molecule has 1 fully saturated rings. The Morgan fingerprint density at radius 1 is 1.38 bits per heavy atom. The molecule has 0 spiro atoms. The summed E-state index contributed by atoms with van der Waals surface area (Å²) in [6.07, 6.45) is 1.55. The zero-order valence-electron chi connectivity index (χ0n) is 7.36. The first-order valence-corrected chi connectivity index (χ1v) is 4.35. The van der Waals surface area contributed by atoms with Crippen molar-refractivity contribution in [1.29, 1.82) is 0 Å². The van der Waals surface area contributed by atoms with Gasteiger partial charge in [0.2, 0.25) is 5.91 Å². The molecule has 5 nitrogen and oxygen atoms in total. The minimum absolute atomic E-state index is 0.0412. The van der Waals surface area contributed by atoms with Gasteiger partial charge in [-0.25, -0.2) is 5.06 Å². The van der Waals surface area contributed by atoms with E-state index in [1.54, 1.807) is 0 Å². The monoisotopic (exact) mass is 187 g/mol. The van der Waals surface area contributed by atoms with Gasteiger partial charge in [-0.1, -0.05) is 0 Å². The van der Waals surface area contributed by atoms with Crippen molar-refractivity contribution in [1.82, 2.24) is 5.06 Å². The lowest BCUT2D eigenvalue weighted by Gasteiger charge is -2.12. The van der Waals surface area contributed by atoms with E-state index in [9.17, 15) is 9.59 Å². The van der Waals surface area contributed by atoms with Crippen molar-refractivity contribution >= 4 is 11.9 Å². The molecular formula is C8H13NO4. The molecule has 1 aliphatic rings. The number of hydrogen-bond acceptors (Lipinski definition) is 3. The van der Waals surface area contributed by atoms with Crippen LogP contribution in [0.4, 0.5) is 0 Å². The quantitative estimate of drug-likeness (QED) is 0.692. The summed E-state index contributed by atoms with van der Waals surface area (Å²) in [5.41, 5.74) is 0. The molecule has 0 aliphatic carbocycles. The highest BCUT2D eigenvalue weighted by Gasteiger charge is 2.18. The van der Waals surface area contributed by atoms with Gasteiger partial charge in [-0.3, -0.25) is 14.4 Å². The summed E-state index contributed by atoms with van der Waals surface area (Å²) >= 11 is 0. The maximum atomic E-state index is 11.2. The molecule has 74 valence electrons. The number of aliphatic carboxylic acids is 1. The maximum absolute atomic E-state index is 11.2. The standard InChI is InChI=1S/C8H13NO4/c10-7(3-1-4-8(11)12)9-5-2-6-13-9/h1-6H2,(H,11,12). The average Bonchev–Trinajstić information content (AvgIpc) is 2.55. The van der Waals surface area contributed by atoms with E-state index in [-0.39, 0.29) is 18.7 Å². The minimum Gasteiger partial charge on any atom is -0.481 e. The Morgan fingerprint density at radius 2 is 2.15 bits per heavy atom. The lowest BCUT2D eigenvalue weighted by molar-refractivity contribution is -0.168. The lowest BCUT2D eigenvalue weighted by atomic mass is 10.2. The van der Waals surface area contributed by atoms with Crippen LogP contribution in [0.2, 0.25) is 0 Å². The largest absolute Gasteiger partial charge is 0.481 e. The van der Waals surface area contributed by atoms with Crippen LogP contribution in [0.15, 0.2) is 0 Å². The first-order chi connectivity index (χ1) is 6.20. The molecular weight excluding hydrogens is 174 g/mol. The number of hydroxylamine groups is 2. The fourth-order valence-electron chi connectivity index (χ4n) is 1.16. The summed E-state index contributed by atoms with van der Waals surface area (Å²) in [4.78, 5) is 26.4. The number of carboxylic acids is 1. The molecule has 0 radical (unpaired) electrons. The van der Waals surface area contributed by atoms with E-state index in [1.165, 1.54) is 5.06 Å². The van der Waals surface area contributed by atoms with E-state index in [2.05, 4.69) is 0 Å². The van der Waals surface area contributed by atoms with Crippen LogP contribution in [-0.4, -0.2) is 35.2 Å². The second kappa shape index (κ2) is 4.81. The van der Waals surface area contributed by atoms with Crippen LogP contribution in [-0.2, 0) is 14.4 Å². The van der Waals surface area contributed by atoms with Crippen LogP contribution in [0, 0.1) is 0 Å². The van der Waals surface area contributed by atoms with Crippen molar-refractivity contribution in [3.05, 3.63) is 0 Å². The van der Waals surface area contributed by atoms with Crippen molar-refractivity contribution in [3.63, 3.8) is 0 Å². The van der Waals surface area contributed by atoms with Crippen LogP contribution in [0.1, 0.15) is 25.7 Å². The molecule has 13 heavy (non-hydrogen) atoms. The molecule has 0 aromatic rings. The summed E-state index contributed by atoms with van der Waals surface area (Å²) < 4.78 is 0. The Hall–Kier alpha value is -1.10. The van der Waals surface area contributed by atoms with E-state index in [0.29, 0.717) is 19.6 Å². The Bertz CT molecular complexity index is 198. The molecule has 0 aromatic carbocycles. The SMILES string of the molecule is O=C(O)CCCC(=O)N1CCCO1. The molecule has 5 heteroatoms. The van der Waals surface area contributed by atoms with Crippen molar-refractivity contribution in [3.8, 4) is 0 Å². The average molecular weight is 187 g/mol. The van der Waals surface area contributed by atoms with E-state index in [1.807, 2.05) is 0 Å². The van der Waals surface area contributed by atoms with Gasteiger partial charge in [-0.05, 0) is 12.8 Å². The van der Waals surface area contributed by atoms with E-state index >= 15 is 0 Å². The number of amides is 1. The summed E-state index contributed by atoms with van der Waals surface area (Å²) in [5.74, 6) is -0.978. The predicted octanol–water partition coefficient (Wildman–Crippen LogP) is 0.405. The van der Waals surface area contributed by atoms with Gasteiger partial charge in [0, 0.05) is 12.8 Å². The summed E-state index contributed by atoms with van der Waals surface area (Å²) in [5, 5.41) is 9.66. The molecule has 0 atom stereocenters. The number of carbonyl (C=O) groups is 2. The molecule has 0 saturated carbocycles. The smallest absolute Gasteiger partial charge is 0.303 e. The normalized spacial score (nSPS) is 16.2. The third-order valence-corrected chi connectivity index (χ3v) is 1.81. The number of nitrogens with zero attached hydrogens (tertiary/aromatic N) is 1. The van der Waals surface area contributed by atoms with Gasteiger partial charge < -0.3 is 5.11 Å². The maximum Gasteiger partial charge on any atom is 0.303 e. The van der Waals surface area contributed by atoms with Gasteiger partial charge in [0.15, 0.2) is 0 Å². The van der Waals surface area contributed by atoms with E-state index in [0.717, 1.165) is 6.42 Å². The van der Waals surface area contributed by atoms with Gasteiger partial charge in [-0.15, -0.1) is 0 Å². The molecule has 0 bridgehead atoms. The number of carboxylic acid groups (broad SMARTS) is 1. The predicted molar refractivity (Wildman–Crippen MR) is 43.8 cm³/mol. The molecule has 1 aliphatic heterocycles. The summed E-state index contributed by atoms with van der Waals surface area (Å²) in [7, 11) is 0. The Morgan fingerprint density at radius 3 is 2.69 bits per heavy atom. The summed E-state index contributed by atoms with van der Waals surface area (Å²) in [6, 6.07) is 0. The van der Waals surface area contributed by atoms with E-state index in [4.69, 9.17) is 9.94 Å². The van der Waals surface area contributed by atoms with Crippen LogP contribution >= 0.6 is 0 Å². The molecule has 0 unspecified atom stereocenters. The zero-order valence-corrected chi connectivity index (χ0v) is 7.36. The topological polar surface area (TPSA) is 66.8 Å². The van der Waals surface area contributed by atoms with Crippen LogP contribution in [0.25, 0.3) is 0 Å². The second-order valence-electron chi connectivity index (χ2n) is 2.93. The molecule has 1 amide bonds. The van der Waals surface area contributed by atoms with Gasteiger partial charge in [0.05, 0.1) is 13.2 Å². The first-order valence-electron chi connectivity index (χ1n) is 4.35. The summed E-state index contributed by atoms with van der Waals surface area (Å²) in [6.45, 7) is 1.22. The van der Waals surface area contributed by atoms with Gasteiger partial charge >= 0.3 is 5.97 Å². The number of rotatable bonds is 4. The Labute approximate surface area is 76.2 Å². The molecule has 1 rings (SSSR count). The van der Waals surface area contributed by atoms with Crippen molar-refractivity contribution in [2.45, 2.75) is 25.7 Å². The fourth-order valence-corrected chi connectivity index (χ4v) is 1.16. The molecule has 1 heterocycles.